The molecule has 0 aliphatic rings. The zero-order chi connectivity index (χ0) is 17.0. The van der Waals surface area contributed by atoms with Crippen LogP contribution < -0.4 is 5.73 Å². The van der Waals surface area contributed by atoms with Gasteiger partial charge in [0.2, 0.25) is 0 Å². The fourth-order valence-electron chi connectivity index (χ4n) is 3.38. The van der Waals surface area contributed by atoms with E-state index in [1.54, 1.807) is 0 Å². The minimum absolute atomic E-state index is 0.791. The minimum atomic E-state index is 0.791. The Hall–Kier alpha value is -1.78. The van der Waals surface area contributed by atoms with Crippen molar-refractivity contribution in [2.45, 2.75) is 13.8 Å². The Morgan fingerprint density at radius 3 is 2.29 bits per heavy atom. The van der Waals surface area contributed by atoms with E-state index in [4.69, 9.17) is 5.73 Å². The number of H-pyrrole nitrogens is 1. The van der Waals surface area contributed by atoms with Crippen molar-refractivity contribution in [3.63, 3.8) is 0 Å². The third-order valence-electron chi connectivity index (χ3n) is 4.73. The van der Waals surface area contributed by atoms with Gasteiger partial charge in [-0.1, -0.05) is 31.9 Å². The zero-order valence-electron chi connectivity index (χ0n) is 13.4. The Bertz CT molecular complexity index is 1110. The Morgan fingerprint density at radius 1 is 0.792 bits per heavy atom. The number of nitrogens with one attached hydrogen (secondary N) is 1. The van der Waals surface area contributed by atoms with E-state index >= 15 is 0 Å². The van der Waals surface area contributed by atoms with Crippen LogP contribution in [-0.2, 0) is 0 Å². The highest BCUT2D eigenvalue weighted by atomic mass is 79.9. The number of halogens is 2. The lowest BCUT2D eigenvalue weighted by Gasteiger charge is -2.13. The second-order valence-electron chi connectivity index (χ2n) is 6.14. The highest BCUT2D eigenvalue weighted by Crippen LogP contribution is 2.39. The lowest BCUT2D eigenvalue weighted by Crippen LogP contribution is -1.94. The van der Waals surface area contributed by atoms with Crippen molar-refractivity contribution in [3.8, 4) is 11.1 Å². The molecule has 24 heavy (non-hydrogen) atoms. The Balaban J connectivity index is 2.11. The summed E-state index contributed by atoms with van der Waals surface area (Å²) in [5.41, 5.74) is 14.1. The first-order valence-electron chi connectivity index (χ1n) is 7.72. The molecule has 3 aromatic carbocycles. The normalized spacial score (nSPS) is 11.5. The summed E-state index contributed by atoms with van der Waals surface area (Å²) >= 11 is 7.13. The van der Waals surface area contributed by atoms with Crippen molar-refractivity contribution in [3.05, 3.63) is 62.5 Å². The van der Waals surface area contributed by atoms with Gasteiger partial charge in [-0.05, 0) is 73.0 Å². The highest BCUT2D eigenvalue weighted by molar-refractivity contribution is 9.10. The molecule has 120 valence electrons. The van der Waals surface area contributed by atoms with Crippen LogP contribution in [0.1, 0.15) is 11.1 Å². The Kier molecular flexibility index (Phi) is 3.70. The van der Waals surface area contributed by atoms with E-state index < -0.39 is 0 Å². The third-order valence-corrected chi connectivity index (χ3v) is 5.71. The lowest BCUT2D eigenvalue weighted by atomic mass is 9.93. The number of rotatable bonds is 1. The summed E-state index contributed by atoms with van der Waals surface area (Å²) in [4.78, 5) is 3.54. The molecule has 0 atom stereocenters. The van der Waals surface area contributed by atoms with Gasteiger partial charge in [-0.25, -0.2) is 0 Å². The van der Waals surface area contributed by atoms with E-state index in [1.165, 1.54) is 27.5 Å². The molecule has 4 rings (SSSR count). The monoisotopic (exact) mass is 442 g/mol. The van der Waals surface area contributed by atoms with Crippen LogP contribution in [0.2, 0.25) is 0 Å². The summed E-state index contributed by atoms with van der Waals surface area (Å²) in [6.07, 6.45) is 0. The maximum Gasteiger partial charge on any atom is 0.0474 e. The van der Waals surface area contributed by atoms with E-state index in [1.807, 2.05) is 12.1 Å². The average molecular weight is 444 g/mol. The highest BCUT2D eigenvalue weighted by Gasteiger charge is 2.15. The summed E-state index contributed by atoms with van der Waals surface area (Å²) in [7, 11) is 0. The summed E-state index contributed by atoms with van der Waals surface area (Å²) < 4.78 is 2.12. The summed E-state index contributed by atoms with van der Waals surface area (Å²) in [5.74, 6) is 0. The number of nitrogen functional groups attached to an aromatic ring is 1. The summed E-state index contributed by atoms with van der Waals surface area (Å²) in [6.45, 7) is 4.35. The molecule has 1 aromatic heterocycles. The number of nitrogens with two attached hydrogens (primary N) is 1. The van der Waals surface area contributed by atoms with Crippen molar-refractivity contribution >= 4 is 59.4 Å². The quantitative estimate of drug-likeness (QED) is 0.315. The molecule has 0 amide bonds. The molecule has 1 heterocycles. The van der Waals surface area contributed by atoms with Gasteiger partial charge in [0, 0.05) is 42.0 Å². The number of aryl methyl sites for hydroxylation is 1. The fourth-order valence-corrected chi connectivity index (χ4v) is 4.10. The Morgan fingerprint density at radius 2 is 1.50 bits per heavy atom. The number of benzene rings is 3. The first kappa shape index (κ1) is 15.7. The summed E-state index contributed by atoms with van der Waals surface area (Å²) in [6, 6.07) is 14.6. The van der Waals surface area contributed by atoms with Gasteiger partial charge in [0.05, 0.1) is 0 Å². The van der Waals surface area contributed by atoms with Crippen LogP contribution in [0.25, 0.3) is 32.9 Å². The van der Waals surface area contributed by atoms with Crippen LogP contribution in [0.4, 0.5) is 5.69 Å². The van der Waals surface area contributed by atoms with Crippen LogP contribution in [0.3, 0.4) is 0 Å². The number of aromatic nitrogens is 1. The zero-order valence-corrected chi connectivity index (χ0v) is 16.5. The predicted octanol–water partition coefficient (Wildman–Crippen LogP) is 6.71. The molecule has 0 saturated heterocycles. The van der Waals surface area contributed by atoms with Crippen molar-refractivity contribution in [1.82, 2.24) is 4.98 Å². The molecule has 4 aromatic rings. The molecule has 2 nitrogen and oxygen atoms in total. The fraction of sp³-hybridized carbons (Fsp3) is 0.100. The maximum absolute atomic E-state index is 6.24. The predicted molar refractivity (Wildman–Crippen MR) is 111 cm³/mol. The van der Waals surface area contributed by atoms with Crippen molar-refractivity contribution in [2.24, 2.45) is 0 Å². The average Bonchev–Trinajstić information content (AvgIpc) is 2.91. The van der Waals surface area contributed by atoms with Gasteiger partial charge in [0.1, 0.15) is 0 Å². The van der Waals surface area contributed by atoms with Crippen molar-refractivity contribution < 1.29 is 0 Å². The van der Waals surface area contributed by atoms with E-state index in [9.17, 15) is 0 Å². The van der Waals surface area contributed by atoms with Gasteiger partial charge < -0.3 is 10.7 Å². The Labute approximate surface area is 157 Å². The second kappa shape index (κ2) is 5.64. The molecular formula is C20H16Br2N2. The second-order valence-corrected chi connectivity index (χ2v) is 7.97. The molecule has 0 aliphatic heterocycles. The van der Waals surface area contributed by atoms with Crippen LogP contribution in [-0.4, -0.2) is 4.98 Å². The van der Waals surface area contributed by atoms with Crippen molar-refractivity contribution in [1.29, 1.82) is 0 Å². The van der Waals surface area contributed by atoms with Gasteiger partial charge in [-0.15, -0.1) is 0 Å². The number of aromatic amines is 1. The first-order chi connectivity index (χ1) is 11.5. The van der Waals surface area contributed by atoms with E-state index in [0.717, 1.165) is 31.2 Å². The van der Waals surface area contributed by atoms with Gasteiger partial charge in [0.25, 0.3) is 0 Å². The van der Waals surface area contributed by atoms with E-state index in [0.29, 0.717) is 0 Å². The lowest BCUT2D eigenvalue weighted by molar-refractivity contribution is 1.37. The van der Waals surface area contributed by atoms with Gasteiger partial charge in [-0.3, -0.25) is 0 Å². The summed E-state index contributed by atoms with van der Waals surface area (Å²) in [5, 5.41) is 2.52. The van der Waals surface area contributed by atoms with Crippen molar-refractivity contribution in [2.75, 3.05) is 5.73 Å². The SMILES string of the molecule is Cc1c(-c2cc(Br)ccc2N)cc2[nH]c3ccc(Br)cc3c2c1C. The van der Waals surface area contributed by atoms with Crippen LogP contribution >= 0.6 is 31.9 Å². The number of anilines is 1. The first-order valence-corrected chi connectivity index (χ1v) is 9.31. The van der Waals surface area contributed by atoms with Crippen LogP contribution in [0.15, 0.2) is 51.4 Å². The number of hydrogen-bond acceptors (Lipinski definition) is 1. The molecule has 0 unspecified atom stereocenters. The molecule has 0 saturated carbocycles. The molecular weight excluding hydrogens is 428 g/mol. The third kappa shape index (κ3) is 2.36. The van der Waals surface area contributed by atoms with E-state index in [-0.39, 0.29) is 0 Å². The smallest absolute Gasteiger partial charge is 0.0474 e. The molecule has 4 heteroatoms. The number of fused-ring (bicyclic) bond motifs is 3. The molecule has 0 radical (unpaired) electrons. The minimum Gasteiger partial charge on any atom is -0.398 e. The van der Waals surface area contributed by atoms with Crippen LogP contribution in [0.5, 0.6) is 0 Å². The molecule has 0 spiro atoms. The van der Waals surface area contributed by atoms with Gasteiger partial charge >= 0.3 is 0 Å². The molecule has 0 bridgehead atoms. The molecule has 3 N–H and O–H groups in total. The van der Waals surface area contributed by atoms with Crippen LogP contribution in [0, 0.1) is 13.8 Å². The van der Waals surface area contributed by atoms with E-state index in [2.05, 4.69) is 81.0 Å². The topological polar surface area (TPSA) is 41.8 Å². The standard InChI is InChI=1S/C20H16Br2N2/c1-10-11(2)20-16-8-13(22)4-6-18(16)24-19(20)9-14(10)15-7-12(21)3-5-17(15)23/h3-9,24H,23H2,1-2H3. The molecule has 0 aliphatic carbocycles. The number of hydrogen-bond donors (Lipinski definition) is 2. The molecule has 0 fully saturated rings. The van der Waals surface area contributed by atoms with Gasteiger partial charge in [-0.2, -0.15) is 0 Å². The van der Waals surface area contributed by atoms with Gasteiger partial charge in [0.15, 0.2) is 0 Å². The maximum atomic E-state index is 6.24. The largest absolute Gasteiger partial charge is 0.398 e.